The molecule has 0 amide bonds. The van der Waals surface area contributed by atoms with E-state index < -0.39 is 10.8 Å². The smallest absolute Gasteiger partial charge is 0.132 e. The Hall–Kier alpha value is -7.82. The predicted molar refractivity (Wildman–Crippen MR) is 234 cm³/mol. The van der Waals surface area contributed by atoms with Crippen LogP contribution >= 0.6 is 0 Å². The molecule has 9 aromatic rings. The predicted octanol–water partition coefficient (Wildman–Crippen LogP) is 14.2. The van der Waals surface area contributed by atoms with Crippen LogP contribution in [0, 0.1) is 0 Å². The summed E-state index contributed by atoms with van der Waals surface area (Å²) in [5.41, 5.74) is 11.8. The molecule has 0 fully saturated rings. The highest BCUT2D eigenvalue weighted by Crippen LogP contribution is 2.63. The van der Waals surface area contributed by atoms with Crippen molar-refractivity contribution in [1.82, 2.24) is 0 Å². The Morgan fingerprint density at radius 1 is 0.200 bits per heavy atom. The van der Waals surface area contributed by atoms with Gasteiger partial charge in [0.15, 0.2) is 0 Å². The molecule has 4 aliphatic heterocycles. The quantitative estimate of drug-likeness (QED) is 0.175. The van der Waals surface area contributed by atoms with Crippen LogP contribution in [0.25, 0.3) is 22.3 Å². The molecule has 282 valence electrons. The Morgan fingerprint density at radius 3 is 0.750 bits per heavy atom. The lowest BCUT2D eigenvalue weighted by atomic mass is 9.62. The van der Waals surface area contributed by atoms with E-state index in [2.05, 4.69) is 170 Å². The molecule has 4 heteroatoms. The van der Waals surface area contributed by atoms with Crippen molar-refractivity contribution in [1.29, 1.82) is 0 Å². The third-order valence-electron chi connectivity index (χ3n) is 12.9. The number of hydrogen-bond donors (Lipinski definition) is 0. The summed E-state index contributed by atoms with van der Waals surface area (Å²) in [5, 5.41) is 0. The van der Waals surface area contributed by atoms with E-state index >= 15 is 0 Å². The van der Waals surface area contributed by atoms with Gasteiger partial charge in [0.05, 0.1) is 10.8 Å². The highest BCUT2D eigenvalue weighted by atomic mass is 16.5. The minimum atomic E-state index is -0.664. The summed E-state index contributed by atoms with van der Waals surface area (Å²) in [4.78, 5) is 0. The topological polar surface area (TPSA) is 36.9 Å². The average Bonchev–Trinajstić information content (AvgIpc) is 3.31. The van der Waals surface area contributed by atoms with E-state index in [1.807, 2.05) is 36.4 Å². The molecule has 4 nitrogen and oxygen atoms in total. The summed E-state index contributed by atoms with van der Waals surface area (Å²) in [6.07, 6.45) is 0. The molecule has 0 atom stereocenters. The van der Waals surface area contributed by atoms with Crippen molar-refractivity contribution >= 4 is 0 Å². The van der Waals surface area contributed by atoms with Gasteiger partial charge in [0.2, 0.25) is 0 Å². The first-order valence-electron chi connectivity index (χ1n) is 20.4. The van der Waals surface area contributed by atoms with E-state index in [0.29, 0.717) is 0 Å². The van der Waals surface area contributed by atoms with Crippen molar-refractivity contribution in [3.63, 3.8) is 0 Å². The Labute approximate surface area is 347 Å². The molecule has 0 saturated heterocycles. The van der Waals surface area contributed by atoms with Gasteiger partial charge >= 0.3 is 0 Å². The molecule has 0 aromatic heterocycles. The SMILES string of the molecule is c1cc(-c2ccc3c(c2)C2(c4ccccc4Oc4ccccc42)c2ccccc2O3)cc(-c2ccc3c(c2)C2(c4ccccc4Oc4ccccc42)c2ccccc2O3)c1. The van der Waals surface area contributed by atoms with Crippen LogP contribution in [-0.4, -0.2) is 0 Å². The molecule has 13 rings (SSSR count). The molecular formula is C56H34O4. The number of hydrogen-bond acceptors (Lipinski definition) is 4. The molecule has 0 unspecified atom stereocenters. The lowest BCUT2D eigenvalue weighted by Crippen LogP contribution is -2.36. The second kappa shape index (κ2) is 12.3. The van der Waals surface area contributed by atoms with Gasteiger partial charge in [-0.2, -0.15) is 0 Å². The molecule has 4 heterocycles. The maximum atomic E-state index is 6.74. The summed E-state index contributed by atoms with van der Waals surface area (Å²) >= 11 is 0. The number of rotatable bonds is 2. The maximum absolute atomic E-state index is 6.74. The first kappa shape index (κ1) is 33.2. The van der Waals surface area contributed by atoms with Gasteiger partial charge in [-0.3, -0.25) is 0 Å². The Morgan fingerprint density at radius 2 is 0.450 bits per heavy atom. The van der Waals surface area contributed by atoms with Crippen LogP contribution in [0.5, 0.6) is 46.0 Å². The second-order valence-electron chi connectivity index (χ2n) is 15.9. The summed E-state index contributed by atoms with van der Waals surface area (Å²) in [6.45, 7) is 0. The van der Waals surface area contributed by atoms with Gasteiger partial charge in [0.25, 0.3) is 0 Å². The first-order valence-corrected chi connectivity index (χ1v) is 20.4. The molecule has 60 heavy (non-hydrogen) atoms. The standard InChI is InChI=1S/C56H34O4/c1-7-22-47-39(16-1)55(40-17-2-8-23-48(40)57-47)43-20-5-11-26-51(43)59-53-30-28-37(33-45(53)55)35-14-13-15-36(32-35)38-29-31-54-46(34-38)56(44-21-6-12-27-52(44)60-54)41-18-3-9-24-49(41)58-50-25-10-4-19-42(50)56/h1-34H. The summed E-state index contributed by atoms with van der Waals surface area (Å²) in [7, 11) is 0. The van der Waals surface area contributed by atoms with Crippen molar-refractivity contribution in [2.45, 2.75) is 10.8 Å². The van der Waals surface area contributed by atoms with Crippen LogP contribution in [0.2, 0.25) is 0 Å². The molecule has 0 aliphatic carbocycles. The summed E-state index contributed by atoms with van der Waals surface area (Å²) in [6, 6.07) is 72.6. The van der Waals surface area contributed by atoms with Crippen molar-refractivity contribution in [3.8, 4) is 68.2 Å². The van der Waals surface area contributed by atoms with Crippen molar-refractivity contribution < 1.29 is 18.9 Å². The lowest BCUT2D eigenvalue weighted by Gasteiger charge is -2.45. The van der Waals surface area contributed by atoms with Gasteiger partial charge in [0, 0.05) is 44.5 Å². The van der Waals surface area contributed by atoms with Crippen molar-refractivity contribution in [2.75, 3.05) is 0 Å². The van der Waals surface area contributed by atoms with Gasteiger partial charge in [0.1, 0.15) is 46.0 Å². The van der Waals surface area contributed by atoms with Crippen molar-refractivity contribution in [3.05, 3.63) is 251 Å². The molecule has 4 aliphatic rings. The number of benzene rings is 9. The van der Waals surface area contributed by atoms with Gasteiger partial charge in [-0.05, 0) is 89.0 Å². The molecule has 9 aromatic carbocycles. The minimum Gasteiger partial charge on any atom is -0.457 e. The van der Waals surface area contributed by atoms with Crippen LogP contribution in [0.15, 0.2) is 206 Å². The minimum absolute atomic E-state index is 0.664. The first-order chi connectivity index (χ1) is 29.7. The van der Waals surface area contributed by atoms with Gasteiger partial charge < -0.3 is 18.9 Å². The normalized spacial score (nSPS) is 14.8. The molecule has 0 bridgehead atoms. The Balaban J connectivity index is 0.998. The Kier molecular flexibility index (Phi) is 6.83. The fourth-order valence-corrected chi connectivity index (χ4v) is 10.5. The van der Waals surface area contributed by atoms with Crippen LogP contribution in [-0.2, 0) is 10.8 Å². The zero-order chi connectivity index (χ0) is 39.4. The third-order valence-corrected chi connectivity index (χ3v) is 12.9. The third kappa shape index (κ3) is 4.39. The fraction of sp³-hybridized carbons (Fsp3) is 0.0357. The van der Waals surface area contributed by atoms with E-state index in [1.54, 1.807) is 0 Å². The second-order valence-corrected chi connectivity index (χ2v) is 15.9. The molecule has 0 radical (unpaired) electrons. The molecule has 0 saturated carbocycles. The number of ether oxygens (including phenoxy) is 4. The average molecular weight is 771 g/mol. The number of fused-ring (bicyclic) bond motifs is 16. The molecule has 0 N–H and O–H groups in total. The van der Waals surface area contributed by atoms with Gasteiger partial charge in [-0.1, -0.05) is 140 Å². The van der Waals surface area contributed by atoms with Crippen LogP contribution in [0.1, 0.15) is 44.5 Å². The van der Waals surface area contributed by atoms with Gasteiger partial charge in [-0.25, -0.2) is 0 Å². The van der Waals surface area contributed by atoms with Crippen LogP contribution < -0.4 is 18.9 Å². The maximum Gasteiger partial charge on any atom is 0.132 e. The highest BCUT2D eigenvalue weighted by Gasteiger charge is 2.52. The van der Waals surface area contributed by atoms with Crippen molar-refractivity contribution in [2.24, 2.45) is 0 Å². The monoisotopic (exact) mass is 770 g/mol. The van der Waals surface area contributed by atoms with Crippen LogP contribution in [0.3, 0.4) is 0 Å². The number of para-hydroxylation sites is 6. The lowest BCUT2D eigenvalue weighted by molar-refractivity contribution is 0.399. The van der Waals surface area contributed by atoms with Gasteiger partial charge in [-0.15, -0.1) is 0 Å². The largest absolute Gasteiger partial charge is 0.457 e. The van der Waals surface area contributed by atoms with E-state index in [4.69, 9.17) is 18.9 Å². The molecule has 2 spiro atoms. The summed E-state index contributed by atoms with van der Waals surface area (Å²) in [5.74, 6) is 6.73. The Bertz CT molecular complexity index is 2830. The fourth-order valence-electron chi connectivity index (χ4n) is 10.5. The van der Waals surface area contributed by atoms with Crippen LogP contribution in [0.4, 0.5) is 0 Å². The zero-order valence-corrected chi connectivity index (χ0v) is 32.3. The molecular weight excluding hydrogens is 737 g/mol. The van der Waals surface area contributed by atoms with E-state index in [9.17, 15) is 0 Å². The highest BCUT2D eigenvalue weighted by molar-refractivity contribution is 5.82. The van der Waals surface area contributed by atoms with E-state index in [1.165, 1.54) is 0 Å². The zero-order valence-electron chi connectivity index (χ0n) is 32.3. The van der Waals surface area contributed by atoms with E-state index in [0.717, 1.165) is 113 Å². The van der Waals surface area contributed by atoms with E-state index in [-0.39, 0.29) is 0 Å². The summed E-state index contributed by atoms with van der Waals surface area (Å²) < 4.78 is 26.7.